The SMILES string of the molecule is CC(C)C(c1cccs1)N1C(=O)NC(=O)C2(CCC2)C1=O. The molecule has 5 nitrogen and oxygen atoms in total. The van der Waals surface area contributed by atoms with Gasteiger partial charge in [0.05, 0.1) is 6.04 Å². The van der Waals surface area contributed by atoms with Crippen LogP contribution in [0.1, 0.15) is 44.0 Å². The van der Waals surface area contributed by atoms with Crippen molar-refractivity contribution in [2.75, 3.05) is 0 Å². The first-order chi connectivity index (χ1) is 9.97. The highest BCUT2D eigenvalue weighted by Gasteiger charge is 2.58. The second-order valence-corrected chi connectivity index (χ2v) is 7.05. The highest BCUT2D eigenvalue weighted by atomic mass is 32.1. The van der Waals surface area contributed by atoms with Crippen molar-refractivity contribution < 1.29 is 14.4 Å². The number of carbonyl (C=O) groups excluding carboxylic acids is 3. The Morgan fingerprint density at radius 1 is 1.29 bits per heavy atom. The molecule has 0 aromatic carbocycles. The maximum absolute atomic E-state index is 12.8. The molecule has 1 N–H and O–H groups in total. The Kier molecular flexibility index (Phi) is 3.36. The fourth-order valence-corrected chi connectivity index (χ4v) is 4.12. The number of rotatable bonds is 3. The molecule has 1 atom stereocenters. The number of nitrogens with zero attached hydrogens (tertiary/aromatic N) is 1. The molecule has 1 aromatic rings. The van der Waals surface area contributed by atoms with Gasteiger partial charge in [0, 0.05) is 4.88 Å². The van der Waals surface area contributed by atoms with Crippen molar-refractivity contribution >= 4 is 29.2 Å². The average Bonchev–Trinajstić information content (AvgIpc) is 2.85. The quantitative estimate of drug-likeness (QED) is 0.873. The predicted octanol–water partition coefficient (Wildman–Crippen LogP) is 2.69. The molecule has 2 aliphatic rings. The summed E-state index contributed by atoms with van der Waals surface area (Å²) in [4.78, 5) is 39.4. The molecule has 2 heterocycles. The van der Waals surface area contributed by atoms with Crippen LogP contribution in [0.3, 0.4) is 0 Å². The van der Waals surface area contributed by atoms with E-state index in [1.165, 1.54) is 16.2 Å². The zero-order chi connectivity index (χ0) is 15.2. The van der Waals surface area contributed by atoms with Crippen LogP contribution in [0.5, 0.6) is 0 Å². The van der Waals surface area contributed by atoms with E-state index in [9.17, 15) is 14.4 Å². The van der Waals surface area contributed by atoms with Crippen LogP contribution in [-0.4, -0.2) is 22.7 Å². The molecule has 1 saturated carbocycles. The summed E-state index contributed by atoms with van der Waals surface area (Å²) in [6.07, 6.45) is 1.93. The van der Waals surface area contributed by atoms with Crippen molar-refractivity contribution in [1.29, 1.82) is 0 Å². The first-order valence-electron chi connectivity index (χ1n) is 7.20. The van der Waals surface area contributed by atoms with Gasteiger partial charge in [0.2, 0.25) is 11.8 Å². The molecule has 1 unspecified atom stereocenters. The zero-order valence-electron chi connectivity index (χ0n) is 12.1. The summed E-state index contributed by atoms with van der Waals surface area (Å²) >= 11 is 1.52. The highest BCUT2D eigenvalue weighted by molar-refractivity contribution is 7.10. The van der Waals surface area contributed by atoms with Crippen molar-refractivity contribution in [3.05, 3.63) is 22.4 Å². The Hall–Kier alpha value is -1.69. The number of carbonyl (C=O) groups is 3. The number of amides is 4. The smallest absolute Gasteiger partial charge is 0.277 e. The number of nitrogens with one attached hydrogen (secondary N) is 1. The molecule has 3 rings (SSSR count). The van der Waals surface area contributed by atoms with Gasteiger partial charge in [-0.1, -0.05) is 26.3 Å². The lowest BCUT2D eigenvalue weighted by Crippen LogP contribution is -2.66. The van der Waals surface area contributed by atoms with Crippen molar-refractivity contribution in [3.63, 3.8) is 0 Å². The summed E-state index contributed by atoms with van der Waals surface area (Å²) in [5.41, 5.74) is -1.00. The molecule has 1 aliphatic heterocycles. The zero-order valence-corrected chi connectivity index (χ0v) is 12.9. The molecular weight excluding hydrogens is 288 g/mol. The molecule has 1 aromatic heterocycles. The van der Waals surface area contributed by atoms with Gasteiger partial charge in [-0.05, 0) is 30.2 Å². The van der Waals surface area contributed by atoms with E-state index in [4.69, 9.17) is 0 Å². The lowest BCUT2D eigenvalue weighted by atomic mass is 9.66. The van der Waals surface area contributed by atoms with Gasteiger partial charge in [-0.25, -0.2) is 4.79 Å². The molecule has 0 bridgehead atoms. The summed E-state index contributed by atoms with van der Waals surface area (Å²) < 4.78 is 0. The first-order valence-corrected chi connectivity index (χ1v) is 8.08. The minimum atomic E-state index is -1.00. The van der Waals surface area contributed by atoms with E-state index in [-0.39, 0.29) is 17.9 Å². The third kappa shape index (κ3) is 2.00. The molecular formula is C15H18N2O3S. The van der Waals surface area contributed by atoms with Crippen LogP contribution in [-0.2, 0) is 9.59 Å². The van der Waals surface area contributed by atoms with E-state index in [1.807, 2.05) is 31.4 Å². The normalized spacial score (nSPS) is 22.4. The Labute approximate surface area is 127 Å². The van der Waals surface area contributed by atoms with E-state index in [1.54, 1.807) is 0 Å². The summed E-state index contributed by atoms with van der Waals surface area (Å²) in [7, 11) is 0. The van der Waals surface area contributed by atoms with Crippen molar-refractivity contribution in [3.8, 4) is 0 Å². The second-order valence-electron chi connectivity index (χ2n) is 6.07. The lowest BCUT2D eigenvalue weighted by molar-refractivity contribution is -0.159. The van der Waals surface area contributed by atoms with Crippen molar-refractivity contribution in [2.45, 2.75) is 39.2 Å². The topological polar surface area (TPSA) is 66.5 Å². The Balaban J connectivity index is 2.00. The van der Waals surface area contributed by atoms with Crippen LogP contribution in [0, 0.1) is 11.3 Å². The summed E-state index contributed by atoms with van der Waals surface area (Å²) in [5.74, 6) is -0.660. The van der Waals surface area contributed by atoms with Gasteiger partial charge in [-0.3, -0.25) is 19.8 Å². The summed E-state index contributed by atoms with van der Waals surface area (Å²) in [6, 6.07) is 2.93. The van der Waals surface area contributed by atoms with Crippen molar-refractivity contribution in [2.24, 2.45) is 11.3 Å². The molecule has 2 fully saturated rings. The van der Waals surface area contributed by atoms with Gasteiger partial charge < -0.3 is 0 Å². The van der Waals surface area contributed by atoms with Crippen LogP contribution in [0.4, 0.5) is 4.79 Å². The first kappa shape index (κ1) is 14.3. The fraction of sp³-hybridized carbons (Fsp3) is 0.533. The average molecular weight is 306 g/mol. The molecule has 6 heteroatoms. The monoisotopic (exact) mass is 306 g/mol. The van der Waals surface area contributed by atoms with Gasteiger partial charge in [-0.2, -0.15) is 0 Å². The summed E-state index contributed by atoms with van der Waals surface area (Å²) in [5, 5.41) is 4.31. The van der Waals surface area contributed by atoms with E-state index >= 15 is 0 Å². The number of barbiturate groups is 1. The lowest BCUT2D eigenvalue weighted by Gasteiger charge is -2.47. The number of hydrogen-bond donors (Lipinski definition) is 1. The molecule has 1 saturated heterocycles. The highest BCUT2D eigenvalue weighted by Crippen LogP contribution is 2.47. The van der Waals surface area contributed by atoms with Gasteiger partial charge >= 0.3 is 6.03 Å². The summed E-state index contributed by atoms with van der Waals surface area (Å²) in [6.45, 7) is 3.96. The van der Waals surface area contributed by atoms with Gasteiger partial charge in [0.1, 0.15) is 5.41 Å². The predicted molar refractivity (Wildman–Crippen MR) is 78.6 cm³/mol. The molecule has 1 aliphatic carbocycles. The van der Waals surface area contributed by atoms with Crippen LogP contribution < -0.4 is 5.32 Å². The van der Waals surface area contributed by atoms with E-state index in [0.29, 0.717) is 12.8 Å². The number of urea groups is 1. The van der Waals surface area contributed by atoms with E-state index in [0.717, 1.165) is 11.3 Å². The third-order valence-corrected chi connectivity index (χ3v) is 5.40. The van der Waals surface area contributed by atoms with Crippen LogP contribution in [0.15, 0.2) is 17.5 Å². The second kappa shape index (κ2) is 4.94. The maximum Gasteiger partial charge on any atom is 0.331 e. The Bertz CT molecular complexity index is 590. The Morgan fingerprint density at radius 2 is 2.00 bits per heavy atom. The third-order valence-electron chi connectivity index (χ3n) is 4.45. The number of thiophene rings is 1. The van der Waals surface area contributed by atoms with Gasteiger partial charge in [0.25, 0.3) is 0 Å². The fourth-order valence-electron chi connectivity index (χ4n) is 3.13. The minimum Gasteiger partial charge on any atom is -0.277 e. The molecule has 0 radical (unpaired) electrons. The van der Waals surface area contributed by atoms with Crippen LogP contribution in [0.25, 0.3) is 0 Å². The number of hydrogen-bond acceptors (Lipinski definition) is 4. The molecule has 4 amide bonds. The molecule has 1 spiro atoms. The minimum absolute atomic E-state index is 0.0867. The standard InChI is InChI=1S/C15H18N2O3S/c1-9(2)11(10-5-3-8-21-10)17-13(19)15(6-4-7-15)12(18)16-14(17)20/h3,5,8-9,11H,4,6-7H2,1-2H3,(H,16,18,20). The van der Waals surface area contributed by atoms with Gasteiger partial charge in [0.15, 0.2) is 0 Å². The van der Waals surface area contributed by atoms with Crippen LogP contribution >= 0.6 is 11.3 Å². The van der Waals surface area contributed by atoms with Gasteiger partial charge in [-0.15, -0.1) is 11.3 Å². The van der Waals surface area contributed by atoms with Crippen LogP contribution in [0.2, 0.25) is 0 Å². The largest absolute Gasteiger partial charge is 0.331 e. The van der Waals surface area contributed by atoms with E-state index in [2.05, 4.69) is 5.32 Å². The van der Waals surface area contributed by atoms with Crippen molar-refractivity contribution in [1.82, 2.24) is 10.2 Å². The van der Waals surface area contributed by atoms with E-state index < -0.39 is 17.4 Å². The number of imide groups is 2. The molecule has 21 heavy (non-hydrogen) atoms. The Morgan fingerprint density at radius 3 is 2.48 bits per heavy atom. The molecule has 112 valence electrons. The maximum atomic E-state index is 12.8.